The molecule has 0 fully saturated rings. The molecule has 0 saturated carbocycles. The van der Waals surface area contributed by atoms with Gasteiger partial charge in [0.2, 0.25) is 0 Å². The number of aliphatic hydroxyl groups is 1. The number of nitrogens with zero attached hydrogens (tertiary/aromatic N) is 2. The normalized spacial score (nSPS) is 12.8. The second kappa shape index (κ2) is 12.7. The van der Waals surface area contributed by atoms with Crippen LogP contribution < -0.4 is 9.47 Å². The first kappa shape index (κ1) is 27.5. The number of carbonyl (C=O) groups excluding carboxylic acids is 1. The number of hydrogen-bond donors (Lipinski definition) is 1. The summed E-state index contributed by atoms with van der Waals surface area (Å²) in [7, 11) is 3.12. The van der Waals surface area contributed by atoms with Crippen LogP contribution in [-0.2, 0) is 6.54 Å². The topological polar surface area (TPSA) is 63.9 Å². The predicted molar refractivity (Wildman–Crippen MR) is 147 cm³/mol. The fraction of sp³-hybridized carbons (Fsp3) is 0.433. The number of benzene rings is 2. The summed E-state index contributed by atoms with van der Waals surface area (Å²) in [5.74, 6) is 2.07. The summed E-state index contributed by atoms with van der Waals surface area (Å²) in [4.78, 5) is 15.2. The van der Waals surface area contributed by atoms with Gasteiger partial charge in [-0.05, 0) is 48.3 Å². The molecule has 0 spiro atoms. The summed E-state index contributed by atoms with van der Waals surface area (Å²) in [5.41, 5.74) is 2.50. The average molecular weight is 493 g/mol. The Bertz CT molecular complexity index is 1170. The van der Waals surface area contributed by atoms with Crippen LogP contribution >= 0.6 is 0 Å². The maximum atomic E-state index is 12.9. The van der Waals surface area contributed by atoms with Crippen LogP contribution in [0.3, 0.4) is 0 Å². The zero-order chi connectivity index (χ0) is 26.2. The zero-order valence-electron chi connectivity index (χ0n) is 22.4. The number of allylic oxidation sites excluding steroid dienone is 1. The molecule has 0 amide bonds. The minimum absolute atomic E-state index is 0.120. The van der Waals surface area contributed by atoms with Crippen molar-refractivity contribution in [1.82, 2.24) is 9.47 Å². The van der Waals surface area contributed by atoms with E-state index in [2.05, 4.69) is 43.2 Å². The van der Waals surface area contributed by atoms with E-state index in [-0.39, 0.29) is 5.78 Å². The van der Waals surface area contributed by atoms with Crippen molar-refractivity contribution < 1.29 is 19.4 Å². The molecule has 2 aromatic carbocycles. The molecular formula is C30H40N2O4. The maximum Gasteiger partial charge on any atom is 0.185 e. The highest BCUT2D eigenvalue weighted by Crippen LogP contribution is 2.28. The van der Waals surface area contributed by atoms with Crippen LogP contribution in [0.25, 0.3) is 17.0 Å². The molecule has 0 aliphatic rings. The van der Waals surface area contributed by atoms with Gasteiger partial charge < -0.3 is 24.0 Å². The lowest BCUT2D eigenvalue weighted by Crippen LogP contribution is -2.39. The molecule has 0 aliphatic heterocycles. The molecule has 0 unspecified atom stereocenters. The van der Waals surface area contributed by atoms with Crippen LogP contribution in [0.15, 0.2) is 54.7 Å². The molecule has 1 heterocycles. The Morgan fingerprint density at radius 2 is 1.64 bits per heavy atom. The third kappa shape index (κ3) is 7.21. The Hall–Kier alpha value is -3.09. The summed E-state index contributed by atoms with van der Waals surface area (Å²) in [6.45, 7) is 11.9. The van der Waals surface area contributed by atoms with Crippen molar-refractivity contribution in [3.05, 3.63) is 65.9 Å². The largest absolute Gasteiger partial charge is 0.493 e. The molecule has 1 aromatic heterocycles. The third-order valence-corrected chi connectivity index (χ3v) is 6.02. The number of fused-ring (bicyclic) bond motifs is 1. The molecule has 6 nitrogen and oxygen atoms in total. The van der Waals surface area contributed by atoms with Gasteiger partial charge in [-0.1, -0.05) is 45.9 Å². The molecule has 3 aromatic rings. The van der Waals surface area contributed by atoms with Crippen molar-refractivity contribution in [3.8, 4) is 11.5 Å². The lowest BCUT2D eigenvalue weighted by atomic mass is 10.1. The van der Waals surface area contributed by atoms with E-state index in [4.69, 9.17) is 9.47 Å². The predicted octanol–water partition coefficient (Wildman–Crippen LogP) is 5.53. The number of para-hydroxylation sites is 1. The van der Waals surface area contributed by atoms with Gasteiger partial charge in [0.05, 0.1) is 20.3 Å². The molecule has 1 atom stereocenters. The highest BCUT2D eigenvalue weighted by molar-refractivity contribution is 6.08. The van der Waals surface area contributed by atoms with Crippen LogP contribution in [-0.4, -0.2) is 60.3 Å². The molecule has 194 valence electrons. The number of aliphatic hydroxyl groups excluding tert-OH is 1. The summed E-state index contributed by atoms with van der Waals surface area (Å²) in [6.07, 6.45) is 4.94. The van der Waals surface area contributed by atoms with E-state index in [1.807, 2.05) is 30.5 Å². The molecule has 0 radical (unpaired) electrons. The first-order chi connectivity index (χ1) is 17.2. The van der Waals surface area contributed by atoms with Gasteiger partial charge in [-0.15, -0.1) is 0 Å². The van der Waals surface area contributed by atoms with E-state index in [9.17, 15) is 9.90 Å². The van der Waals surface area contributed by atoms with Crippen molar-refractivity contribution in [2.45, 2.75) is 40.3 Å². The van der Waals surface area contributed by atoms with E-state index < -0.39 is 6.10 Å². The lowest BCUT2D eigenvalue weighted by molar-refractivity contribution is 0.0869. The van der Waals surface area contributed by atoms with E-state index in [0.29, 0.717) is 42.0 Å². The smallest absolute Gasteiger partial charge is 0.185 e. The second-order valence-electron chi connectivity index (χ2n) is 10.2. The summed E-state index contributed by atoms with van der Waals surface area (Å²) in [6, 6.07) is 13.2. The first-order valence-corrected chi connectivity index (χ1v) is 12.6. The van der Waals surface area contributed by atoms with Crippen molar-refractivity contribution in [1.29, 1.82) is 0 Å². The molecule has 3 rings (SSSR count). The summed E-state index contributed by atoms with van der Waals surface area (Å²) >= 11 is 0. The highest BCUT2D eigenvalue weighted by atomic mass is 16.5. The number of methoxy groups -OCH3 is 2. The van der Waals surface area contributed by atoms with E-state index in [1.165, 1.54) is 0 Å². The molecular weight excluding hydrogens is 452 g/mol. The van der Waals surface area contributed by atoms with Gasteiger partial charge in [-0.3, -0.25) is 4.79 Å². The van der Waals surface area contributed by atoms with Crippen LogP contribution in [0.5, 0.6) is 11.5 Å². The van der Waals surface area contributed by atoms with Gasteiger partial charge >= 0.3 is 0 Å². The Labute approximate surface area is 215 Å². The number of ether oxygens (including phenoxy) is 2. The standard InChI is InChI=1S/C30H40N2O4/c1-21(2)16-31(17-22(3)4)19-25(33)20-32-18-24(26-9-7-8-10-27(26)32)11-13-28(34)23-12-14-29(35-5)30(15-23)36-6/h7-15,18,21-22,25,33H,16-17,19-20H2,1-6H3/b13-11+/t25-/m1/s1. The van der Waals surface area contributed by atoms with Crippen LogP contribution in [0.4, 0.5) is 0 Å². The van der Waals surface area contributed by atoms with Gasteiger partial charge in [0.1, 0.15) is 0 Å². The van der Waals surface area contributed by atoms with Gasteiger partial charge in [-0.25, -0.2) is 0 Å². The van der Waals surface area contributed by atoms with E-state index in [0.717, 1.165) is 29.6 Å². The highest BCUT2D eigenvalue weighted by Gasteiger charge is 2.17. The average Bonchev–Trinajstić information content (AvgIpc) is 3.18. The van der Waals surface area contributed by atoms with Gasteiger partial charge in [-0.2, -0.15) is 0 Å². The lowest BCUT2D eigenvalue weighted by Gasteiger charge is -2.28. The molecule has 0 saturated heterocycles. The first-order valence-electron chi connectivity index (χ1n) is 12.6. The number of hydrogen-bond acceptors (Lipinski definition) is 5. The summed E-state index contributed by atoms with van der Waals surface area (Å²) < 4.78 is 12.7. The molecule has 0 bridgehead atoms. The van der Waals surface area contributed by atoms with E-state index in [1.54, 1.807) is 38.5 Å². The molecule has 6 heteroatoms. The maximum absolute atomic E-state index is 12.9. The number of carbonyl (C=O) groups is 1. The van der Waals surface area contributed by atoms with Crippen LogP contribution in [0.1, 0.15) is 43.6 Å². The summed E-state index contributed by atoms with van der Waals surface area (Å²) in [5, 5.41) is 12.0. The number of rotatable bonds is 13. The Balaban J connectivity index is 1.79. The fourth-order valence-electron chi connectivity index (χ4n) is 4.65. The minimum Gasteiger partial charge on any atom is -0.493 e. The monoisotopic (exact) mass is 492 g/mol. The van der Waals surface area contributed by atoms with Crippen LogP contribution in [0.2, 0.25) is 0 Å². The molecule has 36 heavy (non-hydrogen) atoms. The van der Waals surface area contributed by atoms with Crippen LogP contribution in [0, 0.1) is 11.8 Å². The Morgan fingerprint density at radius 1 is 0.972 bits per heavy atom. The fourth-order valence-corrected chi connectivity index (χ4v) is 4.65. The molecule has 0 aliphatic carbocycles. The number of aromatic nitrogens is 1. The SMILES string of the molecule is COc1ccc(C(=O)/C=C/c2cn(C[C@H](O)CN(CC(C)C)CC(C)C)c3ccccc23)cc1OC. The quantitative estimate of drug-likeness (QED) is 0.251. The Kier molecular flexibility index (Phi) is 9.73. The third-order valence-electron chi connectivity index (χ3n) is 6.02. The second-order valence-corrected chi connectivity index (χ2v) is 10.2. The van der Waals surface area contributed by atoms with Gasteiger partial charge in [0, 0.05) is 54.4 Å². The zero-order valence-corrected chi connectivity index (χ0v) is 22.4. The van der Waals surface area contributed by atoms with Gasteiger partial charge in [0.15, 0.2) is 17.3 Å². The Morgan fingerprint density at radius 3 is 2.28 bits per heavy atom. The molecule has 1 N–H and O–H groups in total. The minimum atomic E-state index is -0.497. The van der Waals surface area contributed by atoms with Crippen molar-refractivity contribution in [3.63, 3.8) is 0 Å². The van der Waals surface area contributed by atoms with Crippen molar-refractivity contribution >= 4 is 22.8 Å². The van der Waals surface area contributed by atoms with E-state index >= 15 is 0 Å². The number of ketones is 1. The van der Waals surface area contributed by atoms with Crippen molar-refractivity contribution in [2.24, 2.45) is 11.8 Å². The van der Waals surface area contributed by atoms with Crippen molar-refractivity contribution in [2.75, 3.05) is 33.9 Å². The van der Waals surface area contributed by atoms with Gasteiger partial charge in [0.25, 0.3) is 0 Å².